The Balaban J connectivity index is 1.54. The first-order valence-corrected chi connectivity index (χ1v) is 11.8. The lowest BCUT2D eigenvalue weighted by molar-refractivity contribution is -0.191. The molecule has 2 aromatic heterocycles. The summed E-state index contributed by atoms with van der Waals surface area (Å²) in [5.41, 5.74) is -1.44. The molecule has 3 aromatic rings. The molecule has 0 saturated carbocycles. The topological polar surface area (TPSA) is 206 Å². The van der Waals surface area contributed by atoms with Gasteiger partial charge in [0.1, 0.15) is 18.0 Å². The zero-order valence-corrected chi connectivity index (χ0v) is 20.6. The van der Waals surface area contributed by atoms with Gasteiger partial charge in [0.25, 0.3) is 5.60 Å². The normalized spacial score (nSPS) is 21.2. The van der Waals surface area contributed by atoms with Gasteiger partial charge in [-0.3, -0.25) is 9.36 Å². The van der Waals surface area contributed by atoms with E-state index >= 15 is 4.39 Å². The van der Waals surface area contributed by atoms with Crippen LogP contribution in [0.15, 0.2) is 36.7 Å². The number of alkyl halides is 1. The molecule has 0 unspecified atom stereocenters. The Morgan fingerprint density at radius 1 is 1.15 bits per heavy atom. The van der Waals surface area contributed by atoms with E-state index in [1.165, 1.54) is 10.9 Å². The number of ether oxygens (including phenoxy) is 2. The van der Waals surface area contributed by atoms with Crippen molar-refractivity contribution in [1.82, 2.24) is 19.5 Å². The minimum Gasteiger partial charge on any atom is -0.481 e. The van der Waals surface area contributed by atoms with Crippen LogP contribution < -0.4 is 5.32 Å². The Morgan fingerprint density at radius 2 is 1.85 bits per heavy atom. The van der Waals surface area contributed by atoms with Crippen molar-refractivity contribution in [3.8, 4) is 0 Å². The van der Waals surface area contributed by atoms with E-state index in [0.29, 0.717) is 23.7 Å². The monoisotopic (exact) mass is 547 g/mol. The quantitative estimate of drug-likeness (QED) is 0.202. The third-order valence-corrected chi connectivity index (χ3v) is 6.28. The van der Waals surface area contributed by atoms with E-state index in [4.69, 9.17) is 14.6 Å². The number of aromatic nitrogens is 4. The van der Waals surface area contributed by atoms with Crippen molar-refractivity contribution in [3.63, 3.8) is 0 Å². The third kappa shape index (κ3) is 5.64. The SMILES string of the molecule is Cc1nc(NCc2ccccc2)c2ncn([C@@H]3O[C@H](COC(CCC(=O)O)(C(=O)O)C(=O)O)[C@@H](O)[C@@H]3F)c2n1. The van der Waals surface area contributed by atoms with Gasteiger partial charge in [0, 0.05) is 19.4 Å². The molecule has 4 atom stereocenters. The van der Waals surface area contributed by atoms with E-state index in [0.717, 1.165) is 5.56 Å². The minimum absolute atomic E-state index is 0.200. The molecule has 1 saturated heterocycles. The molecule has 0 radical (unpaired) electrons. The van der Waals surface area contributed by atoms with Crippen LogP contribution in [-0.2, 0) is 30.4 Å². The van der Waals surface area contributed by atoms with Gasteiger partial charge in [-0.1, -0.05) is 30.3 Å². The largest absolute Gasteiger partial charge is 0.481 e. The molecule has 1 fully saturated rings. The molecule has 1 aromatic carbocycles. The smallest absolute Gasteiger partial charge is 0.347 e. The number of nitrogens with one attached hydrogen (secondary N) is 1. The van der Waals surface area contributed by atoms with Crippen LogP contribution in [0.3, 0.4) is 0 Å². The van der Waals surface area contributed by atoms with Crippen LogP contribution in [0, 0.1) is 6.92 Å². The summed E-state index contributed by atoms with van der Waals surface area (Å²) < 4.78 is 27.2. The number of rotatable bonds is 12. The summed E-state index contributed by atoms with van der Waals surface area (Å²) in [5, 5.41) is 41.5. The van der Waals surface area contributed by atoms with Crippen LogP contribution in [-0.4, -0.2) is 88.4 Å². The maximum atomic E-state index is 15.2. The number of aliphatic hydroxyl groups excluding tert-OH is 1. The summed E-state index contributed by atoms with van der Waals surface area (Å²) in [4.78, 5) is 47.3. The van der Waals surface area contributed by atoms with Gasteiger partial charge in [-0.05, 0) is 12.5 Å². The van der Waals surface area contributed by atoms with Crippen LogP contribution in [0.1, 0.15) is 30.5 Å². The van der Waals surface area contributed by atoms with Gasteiger partial charge in [0.05, 0.1) is 12.9 Å². The number of carbonyl (C=O) groups is 3. The number of hydrogen-bond donors (Lipinski definition) is 5. The zero-order chi connectivity index (χ0) is 28.3. The number of benzene rings is 1. The van der Waals surface area contributed by atoms with Crippen LogP contribution in [0.25, 0.3) is 11.2 Å². The highest BCUT2D eigenvalue weighted by atomic mass is 19.1. The molecule has 5 N–H and O–H groups in total. The van der Waals surface area contributed by atoms with Crippen molar-refractivity contribution in [2.24, 2.45) is 0 Å². The molecule has 14 nitrogen and oxygen atoms in total. The number of carboxylic acids is 3. The highest BCUT2D eigenvalue weighted by Crippen LogP contribution is 2.35. The minimum atomic E-state index is -2.93. The predicted octanol–water partition coefficient (Wildman–Crippen LogP) is 1.13. The van der Waals surface area contributed by atoms with Crippen molar-refractivity contribution >= 4 is 34.9 Å². The fourth-order valence-corrected chi connectivity index (χ4v) is 4.19. The molecule has 0 bridgehead atoms. The number of hydrogen-bond acceptors (Lipinski definition) is 10. The van der Waals surface area contributed by atoms with Crippen molar-refractivity contribution in [1.29, 1.82) is 0 Å². The second-order valence-corrected chi connectivity index (χ2v) is 8.92. The van der Waals surface area contributed by atoms with Gasteiger partial charge in [-0.15, -0.1) is 0 Å². The van der Waals surface area contributed by atoms with E-state index in [1.807, 2.05) is 30.3 Å². The zero-order valence-electron chi connectivity index (χ0n) is 20.6. The number of imidazole rings is 1. The molecular weight excluding hydrogens is 521 g/mol. The molecule has 4 rings (SSSR count). The van der Waals surface area contributed by atoms with Crippen LogP contribution in [0.4, 0.5) is 10.2 Å². The highest BCUT2D eigenvalue weighted by molar-refractivity contribution is 6.02. The van der Waals surface area contributed by atoms with Gasteiger partial charge in [-0.25, -0.2) is 28.9 Å². The molecule has 0 amide bonds. The number of aliphatic carboxylic acids is 3. The molecule has 0 aliphatic carbocycles. The van der Waals surface area contributed by atoms with Gasteiger partial charge in [-0.2, -0.15) is 0 Å². The van der Waals surface area contributed by atoms with Crippen molar-refractivity contribution < 1.29 is 48.7 Å². The summed E-state index contributed by atoms with van der Waals surface area (Å²) in [7, 11) is 0. The van der Waals surface area contributed by atoms with Crippen molar-refractivity contribution in [2.45, 2.75) is 56.5 Å². The molecule has 1 aliphatic rings. The number of anilines is 1. The van der Waals surface area contributed by atoms with Gasteiger partial charge in [0.15, 0.2) is 29.4 Å². The summed E-state index contributed by atoms with van der Waals surface area (Å²) in [6.07, 6.45) is -7.28. The Hall–Kier alpha value is -4.21. The van der Waals surface area contributed by atoms with Crippen LogP contribution in [0.2, 0.25) is 0 Å². The number of carboxylic acid groups (broad SMARTS) is 3. The lowest BCUT2D eigenvalue weighted by Crippen LogP contribution is -2.51. The third-order valence-electron chi connectivity index (χ3n) is 6.28. The predicted molar refractivity (Wildman–Crippen MR) is 129 cm³/mol. The average Bonchev–Trinajstić information content (AvgIpc) is 3.43. The van der Waals surface area contributed by atoms with Crippen LogP contribution in [0.5, 0.6) is 0 Å². The molecule has 3 heterocycles. The summed E-state index contributed by atoms with van der Waals surface area (Å²) >= 11 is 0. The molecule has 39 heavy (non-hydrogen) atoms. The summed E-state index contributed by atoms with van der Waals surface area (Å²) in [6.45, 7) is 1.22. The second-order valence-electron chi connectivity index (χ2n) is 8.92. The number of aliphatic hydroxyl groups is 1. The van der Waals surface area contributed by atoms with E-state index in [2.05, 4.69) is 20.3 Å². The molecule has 15 heteroatoms. The van der Waals surface area contributed by atoms with E-state index < -0.39 is 67.6 Å². The van der Waals surface area contributed by atoms with Gasteiger partial charge in [0.2, 0.25) is 0 Å². The number of aryl methyl sites for hydroxylation is 1. The second kappa shape index (κ2) is 11.3. The Bertz CT molecular complexity index is 1350. The molecule has 0 spiro atoms. The number of halogens is 1. The highest BCUT2D eigenvalue weighted by Gasteiger charge is 2.52. The van der Waals surface area contributed by atoms with Gasteiger partial charge < -0.3 is 35.2 Å². The first-order chi connectivity index (χ1) is 18.5. The fraction of sp³-hybridized carbons (Fsp3) is 0.417. The fourth-order valence-electron chi connectivity index (χ4n) is 4.19. The number of fused-ring (bicyclic) bond motifs is 1. The maximum Gasteiger partial charge on any atom is 0.347 e. The van der Waals surface area contributed by atoms with E-state index in [9.17, 15) is 29.7 Å². The van der Waals surface area contributed by atoms with E-state index in [1.54, 1.807) is 6.92 Å². The van der Waals surface area contributed by atoms with Crippen LogP contribution >= 0.6 is 0 Å². The Morgan fingerprint density at radius 3 is 2.49 bits per heavy atom. The summed E-state index contributed by atoms with van der Waals surface area (Å²) in [5.74, 6) is -4.59. The molecule has 1 aliphatic heterocycles. The standard InChI is InChI=1S/C24H26FN5O9/c1-12-28-19(26-9-13-5-3-2-4-6-13)17-20(29-12)30(11-27-17)21-16(25)18(33)14(39-21)10-38-24(22(34)35,23(36)37)8-7-15(31)32/h2-6,11,14,16,18,21,33H,7-10H2,1H3,(H,31,32)(H,34,35)(H,36,37)(H,26,28,29)/t14-,16+,18-,21-/m1/s1. The number of nitrogens with zero attached hydrogens (tertiary/aromatic N) is 4. The van der Waals surface area contributed by atoms with E-state index in [-0.39, 0.29) is 5.65 Å². The van der Waals surface area contributed by atoms with Crippen molar-refractivity contribution in [3.05, 3.63) is 48.0 Å². The summed E-state index contributed by atoms with van der Waals surface area (Å²) in [6, 6.07) is 9.51. The lowest BCUT2D eigenvalue weighted by Gasteiger charge is -2.26. The first-order valence-electron chi connectivity index (χ1n) is 11.8. The van der Waals surface area contributed by atoms with Gasteiger partial charge >= 0.3 is 17.9 Å². The molecule has 208 valence electrons. The average molecular weight is 547 g/mol. The Labute approximate surface area is 220 Å². The first kappa shape index (κ1) is 27.8. The van der Waals surface area contributed by atoms with Crippen molar-refractivity contribution in [2.75, 3.05) is 11.9 Å². The Kier molecular flexibility index (Phi) is 8.03. The molecular formula is C24H26FN5O9. The maximum absolute atomic E-state index is 15.2. The lowest BCUT2D eigenvalue weighted by atomic mass is 9.97.